The topological polar surface area (TPSA) is 59.3 Å². The number of hydrogen-bond donors (Lipinski definition) is 1. The van der Waals surface area contributed by atoms with E-state index in [1.165, 1.54) is 16.7 Å². The number of aromatic carboxylic acids is 1. The minimum Gasteiger partial charge on any atom is -0.477 e. The highest BCUT2D eigenvalue weighted by atomic mass is 19.1. The molecule has 104 valence electrons. The normalized spacial score (nSPS) is 10.6. The first-order valence-corrected chi connectivity index (χ1v) is 6.09. The fraction of sp³-hybridized carbons (Fsp3) is 0.200. The number of rotatable bonds is 3. The van der Waals surface area contributed by atoms with Crippen molar-refractivity contribution in [3.8, 4) is 0 Å². The molecule has 0 saturated heterocycles. The van der Waals surface area contributed by atoms with Crippen LogP contribution in [0.3, 0.4) is 0 Å². The maximum absolute atomic E-state index is 12.9. The van der Waals surface area contributed by atoms with Gasteiger partial charge in [-0.2, -0.15) is 0 Å². The van der Waals surface area contributed by atoms with E-state index in [0.29, 0.717) is 11.3 Å². The lowest BCUT2D eigenvalue weighted by Crippen LogP contribution is -2.29. The quantitative estimate of drug-likeness (QED) is 0.935. The average molecular weight is 275 g/mol. The van der Waals surface area contributed by atoms with Crippen LogP contribution in [0.2, 0.25) is 0 Å². The van der Waals surface area contributed by atoms with Crippen molar-refractivity contribution < 1.29 is 14.3 Å². The molecular weight excluding hydrogens is 261 g/mol. The van der Waals surface area contributed by atoms with Gasteiger partial charge in [-0.05, 0) is 43.2 Å². The predicted octanol–water partition coefficient (Wildman–Crippen LogP) is 2.35. The predicted molar refractivity (Wildman–Crippen MR) is 72.6 cm³/mol. The van der Waals surface area contributed by atoms with Crippen LogP contribution in [0.4, 0.5) is 4.39 Å². The third kappa shape index (κ3) is 2.61. The Morgan fingerprint density at radius 3 is 2.40 bits per heavy atom. The summed E-state index contributed by atoms with van der Waals surface area (Å²) in [4.78, 5) is 23.4. The van der Waals surface area contributed by atoms with Gasteiger partial charge in [-0.15, -0.1) is 0 Å². The van der Waals surface area contributed by atoms with Gasteiger partial charge in [0.05, 0.1) is 6.54 Å². The number of carboxylic acid groups (broad SMARTS) is 1. The molecular formula is C15H14FNO3. The molecule has 5 heteroatoms. The van der Waals surface area contributed by atoms with Gasteiger partial charge in [0.2, 0.25) is 0 Å². The van der Waals surface area contributed by atoms with Crippen molar-refractivity contribution >= 4 is 5.97 Å². The van der Waals surface area contributed by atoms with Crippen LogP contribution < -0.4 is 5.56 Å². The van der Waals surface area contributed by atoms with Gasteiger partial charge < -0.3 is 9.67 Å². The van der Waals surface area contributed by atoms with E-state index in [0.717, 1.165) is 5.56 Å². The molecule has 1 aromatic heterocycles. The molecule has 1 heterocycles. The Bertz CT molecular complexity index is 717. The minimum absolute atomic E-state index is 0.214. The van der Waals surface area contributed by atoms with Gasteiger partial charge in [0, 0.05) is 5.69 Å². The van der Waals surface area contributed by atoms with Gasteiger partial charge in [0.1, 0.15) is 11.4 Å². The van der Waals surface area contributed by atoms with Crippen LogP contribution in [0, 0.1) is 19.7 Å². The van der Waals surface area contributed by atoms with Gasteiger partial charge in [-0.3, -0.25) is 4.79 Å². The Balaban J connectivity index is 2.52. The third-order valence-electron chi connectivity index (χ3n) is 3.17. The third-order valence-corrected chi connectivity index (χ3v) is 3.17. The minimum atomic E-state index is -1.24. The second kappa shape index (κ2) is 5.28. The zero-order chi connectivity index (χ0) is 14.9. The number of nitrogens with zero attached hydrogens (tertiary/aromatic N) is 1. The molecule has 2 aromatic rings. The summed E-state index contributed by atoms with van der Waals surface area (Å²) in [7, 11) is 0. The summed E-state index contributed by atoms with van der Waals surface area (Å²) in [6, 6.07) is 7.42. The monoisotopic (exact) mass is 275 g/mol. The maximum atomic E-state index is 12.9. The first kappa shape index (κ1) is 14.0. The van der Waals surface area contributed by atoms with Crippen LogP contribution in [0.15, 0.2) is 35.1 Å². The lowest BCUT2D eigenvalue weighted by Gasteiger charge is -2.13. The Hall–Kier alpha value is -2.43. The van der Waals surface area contributed by atoms with Crippen LogP contribution in [0.1, 0.15) is 27.2 Å². The lowest BCUT2D eigenvalue weighted by molar-refractivity contribution is 0.0693. The molecule has 1 N–H and O–H groups in total. The summed E-state index contributed by atoms with van der Waals surface area (Å²) in [5, 5.41) is 9.10. The summed E-state index contributed by atoms with van der Waals surface area (Å²) in [5.74, 6) is -1.59. The molecule has 0 aliphatic rings. The largest absolute Gasteiger partial charge is 0.477 e. The van der Waals surface area contributed by atoms with Crippen molar-refractivity contribution in [3.05, 3.63) is 68.9 Å². The number of carboxylic acids is 1. The highest BCUT2D eigenvalue weighted by Crippen LogP contribution is 2.10. The van der Waals surface area contributed by atoms with E-state index in [-0.39, 0.29) is 17.9 Å². The van der Waals surface area contributed by atoms with Crippen molar-refractivity contribution in [1.29, 1.82) is 0 Å². The van der Waals surface area contributed by atoms with Crippen molar-refractivity contribution in [1.82, 2.24) is 4.57 Å². The number of pyridine rings is 1. The highest BCUT2D eigenvalue weighted by molar-refractivity contribution is 5.88. The lowest BCUT2D eigenvalue weighted by atomic mass is 10.1. The van der Waals surface area contributed by atoms with Crippen molar-refractivity contribution in [3.63, 3.8) is 0 Å². The van der Waals surface area contributed by atoms with Crippen LogP contribution >= 0.6 is 0 Å². The van der Waals surface area contributed by atoms with Gasteiger partial charge in [-0.25, -0.2) is 9.18 Å². The Labute approximate surface area is 115 Å². The Kier molecular flexibility index (Phi) is 3.70. The molecule has 1 aromatic carbocycles. The van der Waals surface area contributed by atoms with E-state index in [4.69, 9.17) is 5.11 Å². The Morgan fingerprint density at radius 2 is 1.85 bits per heavy atom. The van der Waals surface area contributed by atoms with Crippen LogP contribution in [0.5, 0.6) is 0 Å². The van der Waals surface area contributed by atoms with E-state index in [2.05, 4.69) is 0 Å². The molecule has 0 atom stereocenters. The smallest absolute Gasteiger partial charge is 0.341 e. The van der Waals surface area contributed by atoms with Gasteiger partial charge in [0.25, 0.3) is 5.56 Å². The molecule has 0 amide bonds. The molecule has 0 unspecified atom stereocenters. The van der Waals surface area contributed by atoms with E-state index >= 15 is 0 Å². The maximum Gasteiger partial charge on any atom is 0.341 e. The highest BCUT2D eigenvalue weighted by Gasteiger charge is 2.16. The standard InChI is InChI=1S/C15H14FNO3/c1-9-7-10(2)17(14(18)13(9)15(19)20)8-11-3-5-12(16)6-4-11/h3-7H,8H2,1-2H3,(H,19,20). The van der Waals surface area contributed by atoms with E-state index < -0.39 is 11.5 Å². The van der Waals surface area contributed by atoms with Gasteiger partial charge >= 0.3 is 5.97 Å². The zero-order valence-electron chi connectivity index (χ0n) is 11.2. The molecule has 2 rings (SSSR count). The molecule has 0 bridgehead atoms. The van der Waals surface area contributed by atoms with E-state index in [1.54, 1.807) is 32.0 Å². The molecule has 0 saturated carbocycles. The number of carbonyl (C=O) groups is 1. The van der Waals surface area contributed by atoms with Crippen molar-refractivity contribution in [2.24, 2.45) is 0 Å². The SMILES string of the molecule is Cc1cc(C)n(Cc2ccc(F)cc2)c(=O)c1C(=O)O. The molecule has 0 aliphatic heterocycles. The molecule has 4 nitrogen and oxygen atoms in total. The summed E-state index contributed by atoms with van der Waals surface area (Å²) >= 11 is 0. The van der Waals surface area contributed by atoms with Gasteiger partial charge in [0.15, 0.2) is 0 Å². The van der Waals surface area contributed by atoms with Crippen molar-refractivity contribution in [2.45, 2.75) is 20.4 Å². The molecule has 0 radical (unpaired) electrons. The summed E-state index contributed by atoms with van der Waals surface area (Å²) in [6.07, 6.45) is 0. The second-order valence-electron chi connectivity index (χ2n) is 4.67. The first-order valence-electron chi connectivity index (χ1n) is 6.09. The number of aromatic nitrogens is 1. The molecule has 0 spiro atoms. The summed E-state index contributed by atoms with van der Waals surface area (Å²) in [6.45, 7) is 3.55. The second-order valence-corrected chi connectivity index (χ2v) is 4.67. The van der Waals surface area contributed by atoms with Crippen LogP contribution in [0.25, 0.3) is 0 Å². The number of benzene rings is 1. The summed E-state index contributed by atoms with van der Waals surface area (Å²) < 4.78 is 14.2. The zero-order valence-corrected chi connectivity index (χ0v) is 11.2. The van der Waals surface area contributed by atoms with E-state index in [9.17, 15) is 14.0 Å². The first-order chi connectivity index (χ1) is 9.40. The molecule has 20 heavy (non-hydrogen) atoms. The molecule has 0 aliphatic carbocycles. The number of halogens is 1. The van der Waals surface area contributed by atoms with Crippen LogP contribution in [-0.2, 0) is 6.54 Å². The van der Waals surface area contributed by atoms with Crippen molar-refractivity contribution in [2.75, 3.05) is 0 Å². The van der Waals surface area contributed by atoms with E-state index in [1.807, 2.05) is 0 Å². The number of aryl methyl sites for hydroxylation is 2. The van der Waals surface area contributed by atoms with Crippen LogP contribution in [-0.4, -0.2) is 15.6 Å². The fourth-order valence-corrected chi connectivity index (χ4v) is 2.16. The molecule has 0 fully saturated rings. The van der Waals surface area contributed by atoms with Gasteiger partial charge in [-0.1, -0.05) is 12.1 Å². The summed E-state index contributed by atoms with van der Waals surface area (Å²) in [5.41, 5.74) is 1.08. The Morgan fingerprint density at radius 1 is 1.25 bits per heavy atom. The average Bonchev–Trinajstić information content (AvgIpc) is 2.36. The fourth-order valence-electron chi connectivity index (χ4n) is 2.16. The number of hydrogen-bond acceptors (Lipinski definition) is 2.